The van der Waals surface area contributed by atoms with Crippen molar-refractivity contribution in [2.24, 2.45) is 0 Å². The van der Waals surface area contributed by atoms with Crippen molar-refractivity contribution < 1.29 is 13.5 Å². The molecule has 1 heterocycles. The van der Waals surface area contributed by atoms with Gasteiger partial charge in [0.15, 0.2) is 0 Å². The number of aliphatic hydroxyl groups is 1. The van der Waals surface area contributed by atoms with E-state index in [1.54, 1.807) is 18.2 Å². The van der Waals surface area contributed by atoms with Gasteiger partial charge in [0, 0.05) is 29.6 Å². The van der Waals surface area contributed by atoms with Crippen molar-refractivity contribution in [2.75, 3.05) is 13.1 Å². The molecule has 2 unspecified atom stereocenters. The molecule has 2 rings (SSSR count). The van der Waals surface area contributed by atoms with E-state index in [4.69, 9.17) is 0 Å². The summed E-state index contributed by atoms with van der Waals surface area (Å²) in [6, 6.07) is 7.51. The SMILES string of the molecule is CC1CCC(C)N1C[C@@H](O)CNS(=O)(=O)c1ccccc1Br. The monoisotopic (exact) mass is 390 g/mol. The maximum Gasteiger partial charge on any atom is 0.241 e. The fraction of sp³-hybridized carbons (Fsp3) is 0.600. The van der Waals surface area contributed by atoms with Crippen LogP contribution in [0, 0.1) is 0 Å². The van der Waals surface area contributed by atoms with Crippen molar-refractivity contribution in [1.29, 1.82) is 0 Å². The number of sulfonamides is 1. The van der Waals surface area contributed by atoms with Crippen molar-refractivity contribution in [3.8, 4) is 0 Å². The predicted octanol–water partition coefficient (Wildman–Crippen LogP) is 1.96. The van der Waals surface area contributed by atoms with Gasteiger partial charge in [-0.3, -0.25) is 4.90 Å². The quantitative estimate of drug-likeness (QED) is 0.778. The number of halogens is 1. The summed E-state index contributed by atoms with van der Waals surface area (Å²) in [6.45, 7) is 4.78. The number of likely N-dealkylation sites (tertiary alicyclic amines) is 1. The van der Waals surface area contributed by atoms with E-state index in [0.717, 1.165) is 12.8 Å². The Morgan fingerprint density at radius 3 is 2.50 bits per heavy atom. The number of benzene rings is 1. The average Bonchev–Trinajstić information content (AvgIpc) is 2.77. The smallest absolute Gasteiger partial charge is 0.241 e. The Labute approximate surface area is 140 Å². The molecule has 1 saturated heterocycles. The van der Waals surface area contributed by atoms with Gasteiger partial charge < -0.3 is 5.11 Å². The minimum absolute atomic E-state index is 0.0135. The summed E-state index contributed by atoms with van der Waals surface area (Å²) < 4.78 is 27.5. The third-order valence-corrected chi connectivity index (χ3v) is 6.63. The van der Waals surface area contributed by atoms with Crippen LogP contribution in [0.1, 0.15) is 26.7 Å². The van der Waals surface area contributed by atoms with E-state index >= 15 is 0 Å². The molecular weight excluding hydrogens is 368 g/mol. The second kappa shape index (κ2) is 7.40. The van der Waals surface area contributed by atoms with Gasteiger partial charge in [0.25, 0.3) is 0 Å². The summed E-state index contributed by atoms with van der Waals surface area (Å²) >= 11 is 3.24. The standard InChI is InChI=1S/C15H23BrN2O3S/c1-11-7-8-12(2)18(11)10-13(19)9-17-22(20,21)15-6-4-3-5-14(15)16/h3-6,11-13,17,19H,7-10H2,1-2H3/t11?,12?,13-/m0/s1. The second-order valence-corrected chi connectivity index (χ2v) is 8.50. The summed E-state index contributed by atoms with van der Waals surface area (Å²) in [5, 5.41) is 10.1. The maximum absolute atomic E-state index is 12.3. The molecule has 3 atom stereocenters. The van der Waals surface area contributed by atoms with Crippen LogP contribution in [-0.2, 0) is 10.0 Å². The van der Waals surface area contributed by atoms with Gasteiger partial charge in [0.1, 0.15) is 0 Å². The molecule has 2 N–H and O–H groups in total. The first kappa shape index (κ1) is 17.9. The first-order valence-corrected chi connectivity index (χ1v) is 9.77. The highest BCUT2D eigenvalue weighted by atomic mass is 79.9. The van der Waals surface area contributed by atoms with Crippen molar-refractivity contribution in [2.45, 2.75) is 49.8 Å². The Morgan fingerprint density at radius 1 is 1.32 bits per heavy atom. The molecule has 1 aliphatic rings. The molecule has 124 valence electrons. The van der Waals surface area contributed by atoms with Crippen LogP contribution in [0.2, 0.25) is 0 Å². The molecule has 1 fully saturated rings. The van der Waals surface area contributed by atoms with Gasteiger partial charge in [0.2, 0.25) is 10.0 Å². The molecule has 0 aromatic heterocycles. The number of aliphatic hydroxyl groups excluding tert-OH is 1. The van der Waals surface area contributed by atoms with Gasteiger partial charge in [-0.15, -0.1) is 0 Å². The lowest BCUT2D eigenvalue weighted by molar-refractivity contribution is 0.0941. The Bertz CT molecular complexity index is 599. The summed E-state index contributed by atoms with van der Waals surface area (Å²) in [5.41, 5.74) is 0. The molecule has 1 aromatic carbocycles. The van der Waals surface area contributed by atoms with Crippen molar-refractivity contribution >= 4 is 26.0 Å². The maximum atomic E-state index is 12.3. The zero-order chi connectivity index (χ0) is 16.3. The van der Waals surface area contributed by atoms with E-state index in [1.165, 1.54) is 6.07 Å². The Morgan fingerprint density at radius 2 is 1.91 bits per heavy atom. The lowest BCUT2D eigenvalue weighted by Gasteiger charge is -2.28. The summed E-state index contributed by atoms with van der Waals surface area (Å²) in [6.07, 6.45) is 1.52. The minimum atomic E-state index is -3.62. The van der Waals surface area contributed by atoms with Crippen molar-refractivity contribution in [3.05, 3.63) is 28.7 Å². The summed E-state index contributed by atoms with van der Waals surface area (Å²) in [7, 11) is -3.62. The first-order chi connectivity index (χ1) is 10.3. The van der Waals surface area contributed by atoms with Crippen LogP contribution >= 0.6 is 15.9 Å². The van der Waals surface area contributed by atoms with E-state index in [-0.39, 0.29) is 11.4 Å². The molecule has 0 bridgehead atoms. The van der Waals surface area contributed by atoms with Crippen LogP contribution in [0.25, 0.3) is 0 Å². The highest BCUT2D eigenvalue weighted by Crippen LogP contribution is 2.23. The van der Waals surface area contributed by atoms with E-state index in [9.17, 15) is 13.5 Å². The number of hydrogen-bond acceptors (Lipinski definition) is 4. The fourth-order valence-electron chi connectivity index (χ4n) is 2.86. The van der Waals surface area contributed by atoms with E-state index in [0.29, 0.717) is 23.1 Å². The van der Waals surface area contributed by atoms with E-state index < -0.39 is 16.1 Å². The molecule has 0 aliphatic carbocycles. The summed E-state index contributed by atoms with van der Waals surface area (Å²) in [5.74, 6) is 0. The largest absolute Gasteiger partial charge is 0.390 e. The van der Waals surface area contributed by atoms with Gasteiger partial charge >= 0.3 is 0 Å². The van der Waals surface area contributed by atoms with Crippen molar-refractivity contribution in [1.82, 2.24) is 9.62 Å². The van der Waals surface area contributed by atoms with Gasteiger partial charge in [-0.05, 0) is 54.8 Å². The Kier molecular flexibility index (Phi) is 6.01. The topological polar surface area (TPSA) is 69.6 Å². The number of hydrogen-bond donors (Lipinski definition) is 2. The average molecular weight is 391 g/mol. The lowest BCUT2D eigenvalue weighted by Crippen LogP contribution is -2.43. The first-order valence-electron chi connectivity index (χ1n) is 7.49. The number of rotatable bonds is 6. The molecular formula is C15H23BrN2O3S. The van der Waals surface area contributed by atoms with Gasteiger partial charge in [-0.1, -0.05) is 12.1 Å². The fourth-order valence-corrected chi connectivity index (χ4v) is 4.94. The highest BCUT2D eigenvalue weighted by molar-refractivity contribution is 9.10. The van der Waals surface area contributed by atoms with E-state index in [2.05, 4.69) is 39.4 Å². The molecule has 7 heteroatoms. The molecule has 1 aliphatic heterocycles. The Balaban J connectivity index is 1.93. The van der Waals surface area contributed by atoms with Gasteiger partial charge in [0.05, 0.1) is 11.0 Å². The summed E-state index contributed by atoms with van der Waals surface area (Å²) in [4.78, 5) is 2.42. The highest BCUT2D eigenvalue weighted by Gasteiger charge is 2.29. The molecule has 22 heavy (non-hydrogen) atoms. The van der Waals surface area contributed by atoms with Crippen LogP contribution in [0.5, 0.6) is 0 Å². The van der Waals surface area contributed by atoms with E-state index in [1.807, 2.05) is 0 Å². The van der Waals surface area contributed by atoms with Crippen LogP contribution in [0.4, 0.5) is 0 Å². The number of β-amino-alcohol motifs (C(OH)–C–C–N with tert-alkyl or cyclic N) is 1. The third-order valence-electron chi connectivity index (χ3n) is 4.19. The lowest BCUT2D eigenvalue weighted by atomic mass is 10.2. The zero-order valence-corrected chi connectivity index (χ0v) is 15.3. The van der Waals surface area contributed by atoms with Crippen LogP contribution in [0.15, 0.2) is 33.6 Å². The van der Waals surface area contributed by atoms with Crippen LogP contribution in [0.3, 0.4) is 0 Å². The number of nitrogens with one attached hydrogen (secondary N) is 1. The molecule has 1 aromatic rings. The number of nitrogens with zero attached hydrogens (tertiary/aromatic N) is 1. The second-order valence-electron chi connectivity index (χ2n) is 5.91. The molecule has 0 spiro atoms. The van der Waals surface area contributed by atoms with Crippen molar-refractivity contribution in [3.63, 3.8) is 0 Å². The molecule has 0 amide bonds. The van der Waals surface area contributed by atoms with Gasteiger partial charge in [-0.2, -0.15) is 0 Å². The van der Waals surface area contributed by atoms with Crippen LogP contribution < -0.4 is 4.72 Å². The third kappa shape index (κ3) is 4.29. The minimum Gasteiger partial charge on any atom is -0.390 e. The molecule has 5 nitrogen and oxygen atoms in total. The zero-order valence-electron chi connectivity index (χ0n) is 12.9. The van der Waals surface area contributed by atoms with Gasteiger partial charge in [-0.25, -0.2) is 13.1 Å². The van der Waals surface area contributed by atoms with Crippen LogP contribution in [-0.4, -0.2) is 49.7 Å². The normalized spacial score (nSPS) is 24.5. The molecule has 0 radical (unpaired) electrons. The Hall–Kier alpha value is -0.470. The molecule has 0 saturated carbocycles. The predicted molar refractivity (Wildman–Crippen MR) is 90.2 cm³/mol.